The molecule has 1 aromatic heterocycles. The fourth-order valence-corrected chi connectivity index (χ4v) is 1.63. The smallest absolute Gasteiger partial charge is 0.323 e. The van der Waals surface area contributed by atoms with Crippen LogP contribution in [0.2, 0.25) is 0 Å². The van der Waals surface area contributed by atoms with E-state index in [0.717, 1.165) is 12.1 Å². The molecule has 0 saturated carbocycles. The number of hydrogen-bond donors (Lipinski definition) is 1. The van der Waals surface area contributed by atoms with Gasteiger partial charge in [-0.3, -0.25) is 4.79 Å². The van der Waals surface area contributed by atoms with Gasteiger partial charge in [0.15, 0.2) is 11.6 Å². The van der Waals surface area contributed by atoms with Crippen LogP contribution in [0.3, 0.4) is 0 Å². The lowest BCUT2D eigenvalue weighted by atomic mass is 10.1. The number of aromatic nitrogens is 2. The Morgan fingerprint density at radius 2 is 2.11 bits per heavy atom. The van der Waals surface area contributed by atoms with Gasteiger partial charge in [-0.2, -0.15) is 0 Å². The molecule has 0 radical (unpaired) electrons. The lowest BCUT2D eigenvalue weighted by Gasteiger charge is -2.05. The van der Waals surface area contributed by atoms with E-state index in [1.54, 1.807) is 0 Å². The largest absolute Gasteiger partial charge is 0.480 e. The Hall–Kier alpha value is -2.24. The zero-order valence-corrected chi connectivity index (χ0v) is 9.31. The average molecular weight is 252 g/mol. The van der Waals surface area contributed by atoms with E-state index in [2.05, 4.69) is 4.98 Å². The third kappa shape index (κ3) is 2.71. The molecule has 1 aromatic carbocycles. The Labute approximate surface area is 102 Å². The van der Waals surface area contributed by atoms with E-state index in [9.17, 15) is 13.6 Å². The van der Waals surface area contributed by atoms with E-state index in [1.807, 2.05) is 0 Å². The second kappa shape index (κ2) is 4.95. The number of carboxylic acids is 1. The molecule has 94 valence electrons. The molecule has 0 saturated heterocycles. The van der Waals surface area contributed by atoms with Crippen molar-refractivity contribution >= 4 is 5.97 Å². The van der Waals surface area contributed by atoms with E-state index in [-0.39, 0.29) is 13.0 Å². The highest BCUT2D eigenvalue weighted by Gasteiger charge is 2.09. The number of imidazole rings is 1. The molecule has 2 aromatic rings. The van der Waals surface area contributed by atoms with Gasteiger partial charge in [0.25, 0.3) is 0 Å². The van der Waals surface area contributed by atoms with Crippen molar-refractivity contribution < 1.29 is 18.7 Å². The summed E-state index contributed by atoms with van der Waals surface area (Å²) < 4.78 is 27.2. The predicted octanol–water partition coefficient (Wildman–Crippen LogP) is 1.84. The molecule has 0 unspecified atom stereocenters. The molecule has 18 heavy (non-hydrogen) atoms. The lowest BCUT2D eigenvalue weighted by Crippen LogP contribution is -2.11. The summed E-state index contributed by atoms with van der Waals surface area (Å²) in [6, 6.07) is 3.56. The van der Waals surface area contributed by atoms with Crippen molar-refractivity contribution in [3.63, 3.8) is 0 Å². The van der Waals surface area contributed by atoms with E-state index in [1.165, 1.54) is 23.0 Å². The molecule has 0 aliphatic heterocycles. The summed E-state index contributed by atoms with van der Waals surface area (Å²) >= 11 is 0. The Morgan fingerprint density at radius 3 is 2.78 bits per heavy atom. The van der Waals surface area contributed by atoms with Crippen molar-refractivity contribution in [1.82, 2.24) is 9.55 Å². The summed E-state index contributed by atoms with van der Waals surface area (Å²) in [5.74, 6) is -2.33. The maximum absolute atomic E-state index is 13.0. The molecular weight excluding hydrogens is 242 g/mol. The Balaban J connectivity index is 2.20. The minimum atomic E-state index is -0.987. The van der Waals surface area contributed by atoms with Gasteiger partial charge in [0.1, 0.15) is 12.4 Å². The third-order valence-corrected chi connectivity index (χ3v) is 2.45. The van der Waals surface area contributed by atoms with Crippen LogP contribution < -0.4 is 0 Å². The minimum absolute atomic E-state index is 0.209. The Morgan fingerprint density at radius 1 is 1.33 bits per heavy atom. The molecule has 0 bridgehead atoms. The second-order valence-corrected chi connectivity index (χ2v) is 3.79. The molecule has 0 atom stereocenters. The highest BCUT2D eigenvalue weighted by atomic mass is 19.2. The number of nitrogens with zero attached hydrogens (tertiary/aromatic N) is 2. The van der Waals surface area contributed by atoms with Crippen LogP contribution in [0.4, 0.5) is 8.78 Å². The van der Waals surface area contributed by atoms with Gasteiger partial charge in [-0.1, -0.05) is 6.07 Å². The first kappa shape index (κ1) is 12.2. The van der Waals surface area contributed by atoms with E-state index < -0.39 is 17.6 Å². The Kier molecular flexibility index (Phi) is 3.36. The molecule has 0 spiro atoms. The van der Waals surface area contributed by atoms with Crippen LogP contribution in [0, 0.1) is 11.6 Å². The van der Waals surface area contributed by atoms with Crippen LogP contribution in [-0.2, 0) is 17.8 Å². The van der Waals surface area contributed by atoms with Gasteiger partial charge in [-0.25, -0.2) is 13.8 Å². The van der Waals surface area contributed by atoms with Gasteiger partial charge in [-0.05, 0) is 17.7 Å². The highest BCUT2D eigenvalue weighted by molar-refractivity contribution is 5.66. The number of aliphatic carboxylic acids is 1. The highest BCUT2D eigenvalue weighted by Crippen LogP contribution is 2.12. The van der Waals surface area contributed by atoms with Gasteiger partial charge < -0.3 is 9.67 Å². The number of rotatable bonds is 4. The van der Waals surface area contributed by atoms with Gasteiger partial charge in [0.2, 0.25) is 0 Å². The molecule has 0 amide bonds. The normalized spacial score (nSPS) is 10.6. The topological polar surface area (TPSA) is 55.1 Å². The third-order valence-electron chi connectivity index (χ3n) is 2.45. The summed E-state index contributed by atoms with van der Waals surface area (Å²) in [5.41, 5.74) is 0.534. The zero-order chi connectivity index (χ0) is 13.1. The van der Waals surface area contributed by atoms with Crippen LogP contribution in [0.25, 0.3) is 0 Å². The molecule has 4 nitrogen and oxygen atoms in total. The number of hydrogen-bond acceptors (Lipinski definition) is 2. The summed E-state index contributed by atoms with van der Waals surface area (Å²) in [6.07, 6.45) is 3.25. The minimum Gasteiger partial charge on any atom is -0.480 e. The van der Waals surface area contributed by atoms with Gasteiger partial charge in [-0.15, -0.1) is 0 Å². The average Bonchev–Trinajstić information content (AvgIpc) is 2.70. The van der Waals surface area contributed by atoms with Crippen molar-refractivity contribution in [3.05, 3.63) is 53.6 Å². The maximum atomic E-state index is 13.0. The molecule has 0 aliphatic carbocycles. The fourth-order valence-electron chi connectivity index (χ4n) is 1.63. The predicted molar refractivity (Wildman–Crippen MR) is 59.0 cm³/mol. The molecular formula is C12H10F2N2O2. The van der Waals surface area contributed by atoms with Crippen molar-refractivity contribution in [2.24, 2.45) is 0 Å². The van der Waals surface area contributed by atoms with Crippen LogP contribution in [0.15, 0.2) is 30.6 Å². The summed E-state index contributed by atoms with van der Waals surface area (Å²) in [7, 11) is 0. The van der Waals surface area contributed by atoms with Crippen molar-refractivity contribution in [3.8, 4) is 0 Å². The molecule has 6 heteroatoms. The summed E-state index contributed by atoms with van der Waals surface area (Å²) in [4.78, 5) is 14.6. The summed E-state index contributed by atoms with van der Waals surface area (Å²) in [5, 5.41) is 8.70. The first-order valence-corrected chi connectivity index (χ1v) is 5.22. The van der Waals surface area contributed by atoms with Crippen molar-refractivity contribution in [2.45, 2.75) is 13.0 Å². The zero-order valence-electron chi connectivity index (χ0n) is 9.31. The van der Waals surface area contributed by atoms with Crippen molar-refractivity contribution in [2.75, 3.05) is 0 Å². The number of carboxylic acid groups (broad SMARTS) is 1. The SMILES string of the molecule is O=C(O)Cn1ccnc1Cc1ccc(F)c(F)c1. The van der Waals surface area contributed by atoms with Gasteiger partial charge in [0.05, 0.1) is 0 Å². The lowest BCUT2D eigenvalue weighted by molar-refractivity contribution is -0.137. The molecule has 0 fully saturated rings. The van der Waals surface area contributed by atoms with Crippen LogP contribution >= 0.6 is 0 Å². The van der Waals surface area contributed by atoms with Gasteiger partial charge >= 0.3 is 5.97 Å². The van der Waals surface area contributed by atoms with Crippen LogP contribution in [-0.4, -0.2) is 20.6 Å². The number of halogens is 2. The molecule has 1 N–H and O–H groups in total. The van der Waals surface area contributed by atoms with Gasteiger partial charge in [0, 0.05) is 18.8 Å². The van der Waals surface area contributed by atoms with Crippen LogP contribution in [0.5, 0.6) is 0 Å². The molecule has 1 heterocycles. The van der Waals surface area contributed by atoms with Crippen LogP contribution in [0.1, 0.15) is 11.4 Å². The fraction of sp³-hybridized carbons (Fsp3) is 0.167. The molecule has 0 aliphatic rings. The Bertz CT molecular complexity index is 581. The number of benzene rings is 1. The first-order valence-electron chi connectivity index (χ1n) is 5.22. The van der Waals surface area contributed by atoms with E-state index >= 15 is 0 Å². The first-order chi connectivity index (χ1) is 8.56. The second-order valence-electron chi connectivity index (χ2n) is 3.79. The molecule has 2 rings (SSSR count). The monoisotopic (exact) mass is 252 g/mol. The maximum Gasteiger partial charge on any atom is 0.323 e. The van der Waals surface area contributed by atoms with Crippen molar-refractivity contribution in [1.29, 1.82) is 0 Å². The van der Waals surface area contributed by atoms with E-state index in [0.29, 0.717) is 11.4 Å². The number of carbonyl (C=O) groups is 1. The van der Waals surface area contributed by atoms with E-state index in [4.69, 9.17) is 5.11 Å². The quantitative estimate of drug-likeness (QED) is 0.903. The standard InChI is InChI=1S/C12H10F2N2O2/c13-9-2-1-8(5-10(9)14)6-11-15-3-4-16(11)7-12(17)18/h1-5H,6-7H2,(H,17,18). The summed E-state index contributed by atoms with van der Waals surface area (Å²) in [6.45, 7) is -0.209.